The maximum Gasteiger partial charge on any atom is 0.246 e. The van der Waals surface area contributed by atoms with E-state index in [9.17, 15) is 4.79 Å². The van der Waals surface area contributed by atoms with E-state index in [-0.39, 0.29) is 11.9 Å². The van der Waals surface area contributed by atoms with Crippen LogP contribution in [-0.2, 0) is 4.79 Å². The van der Waals surface area contributed by atoms with Gasteiger partial charge >= 0.3 is 0 Å². The smallest absolute Gasteiger partial charge is 0.246 e. The Labute approximate surface area is 147 Å². The molecule has 0 saturated heterocycles. The highest BCUT2D eigenvalue weighted by molar-refractivity contribution is 5.92. The summed E-state index contributed by atoms with van der Waals surface area (Å²) in [4.78, 5) is 14.2. The number of hydrogen-bond donors (Lipinski definition) is 0. The first-order valence-corrected chi connectivity index (χ1v) is 8.16. The number of carbonyl (C=O) groups excluding carboxylic acids is 1. The van der Waals surface area contributed by atoms with Gasteiger partial charge < -0.3 is 14.1 Å². The van der Waals surface area contributed by atoms with Crippen molar-refractivity contribution in [2.24, 2.45) is 0 Å². The molecular formula is C21H21NO3. The lowest BCUT2D eigenvalue weighted by Crippen LogP contribution is -2.28. The molecule has 0 radical (unpaired) electrons. The molecule has 0 spiro atoms. The van der Waals surface area contributed by atoms with Gasteiger partial charge in [-0.3, -0.25) is 4.79 Å². The van der Waals surface area contributed by atoms with E-state index in [1.54, 1.807) is 25.1 Å². The van der Waals surface area contributed by atoms with Gasteiger partial charge in [-0.1, -0.05) is 36.4 Å². The highest BCUT2D eigenvalue weighted by Crippen LogP contribution is 2.28. The Bertz CT molecular complexity index is 877. The minimum absolute atomic E-state index is 0.0983. The van der Waals surface area contributed by atoms with Crippen LogP contribution in [0.25, 0.3) is 17.0 Å². The zero-order valence-corrected chi connectivity index (χ0v) is 14.6. The van der Waals surface area contributed by atoms with E-state index in [0.29, 0.717) is 5.76 Å². The van der Waals surface area contributed by atoms with Gasteiger partial charge in [0.05, 0.1) is 13.2 Å². The Balaban J connectivity index is 1.75. The molecule has 25 heavy (non-hydrogen) atoms. The number of likely N-dealkylation sites (N-methyl/N-ethyl adjacent to an activating group) is 1. The summed E-state index contributed by atoms with van der Waals surface area (Å²) in [6.45, 7) is 1.98. The molecule has 0 N–H and O–H groups in total. The Morgan fingerprint density at radius 3 is 2.64 bits per heavy atom. The molecule has 0 aliphatic rings. The molecule has 1 unspecified atom stereocenters. The average molecular weight is 335 g/mol. The predicted molar refractivity (Wildman–Crippen MR) is 99.4 cm³/mol. The van der Waals surface area contributed by atoms with E-state index >= 15 is 0 Å². The van der Waals surface area contributed by atoms with E-state index in [0.717, 1.165) is 22.3 Å². The van der Waals surface area contributed by atoms with Crippen molar-refractivity contribution in [3.63, 3.8) is 0 Å². The van der Waals surface area contributed by atoms with Crippen molar-refractivity contribution in [2.75, 3.05) is 14.2 Å². The summed E-state index contributed by atoms with van der Waals surface area (Å²) >= 11 is 0. The summed E-state index contributed by atoms with van der Waals surface area (Å²) in [7, 11) is 3.41. The Kier molecular flexibility index (Phi) is 4.89. The highest BCUT2D eigenvalue weighted by atomic mass is 16.5. The van der Waals surface area contributed by atoms with Gasteiger partial charge in [0.2, 0.25) is 5.91 Å². The largest absolute Gasteiger partial charge is 0.496 e. The molecule has 4 nitrogen and oxygen atoms in total. The molecule has 0 aliphatic heterocycles. The van der Waals surface area contributed by atoms with Crippen LogP contribution in [0.2, 0.25) is 0 Å². The lowest BCUT2D eigenvalue weighted by molar-refractivity contribution is -0.126. The number of nitrogens with zero attached hydrogens (tertiary/aromatic N) is 1. The molecule has 4 heteroatoms. The average Bonchev–Trinajstić information content (AvgIpc) is 3.07. The molecule has 3 rings (SSSR count). The normalized spacial score (nSPS) is 12.4. The molecule has 3 aromatic rings. The number of amides is 1. The number of rotatable bonds is 5. The summed E-state index contributed by atoms with van der Waals surface area (Å²) in [6.07, 6.45) is 3.23. The molecule has 1 amide bonds. The first-order valence-electron chi connectivity index (χ1n) is 8.16. The molecule has 0 fully saturated rings. The van der Waals surface area contributed by atoms with Crippen LogP contribution in [0.3, 0.4) is 0 Å². The minimum atomic E-state index is -0.107. The first kappa shape index (κ1) is 16.8. The summed E-state index contributed by atoms with van der Waals surface area (Å²) in [5.74, 6) is 1.34. The monoisotopic (exact) mass is 335 g/mol. The van der Waals surface area contributed by atoms with Gasteiger partial charge in [-0.2, -0.15) is 0 Å². The summed E-state index contributed by atoms with van der Waals surface area (Å²) in [6, 6.07) is 17.3. The van der Waals surface area contributed by atoms with Crippen LogP contribution in [0, 0.1) is 0 Å². The van der Waals surface area contributed by atoms with E-state index in [4.69, 9.17) is 9.15 Å². The maximum atomic E-state index is 12.5. The molecular weight excluding hydrogens is 314 g/mol. The standard InChI is InChI=1S/C21H21NO3/c1-15(18-9-5-7-11-20(18)24-3)22(2)21(23)13-12-17-14-16-8-4-6-10-19(16)25-17/h4-15H,1-3H3/b13-12+. The van der Waals surface area contributed by atoms with Gasteiger partial charge in [-0.05, 0) is 31.2 Å². The van der Waals surface area contributed by atoms with Gasteiger partial charge in [0.15, 0.2) is 0 Å². The van der Waals surface area contributed by atoms with Crippen molar-refractivity contribution in [3.05, 3.63) is 72.0 Å². The van der Waals surface area contributed by atoms with Gasteiger partial charge in [-0.15, -0.1) is 0 Å². The van der Waals surface area contributed by atoms with E-state index in [2.05, 4.69) is 0 Å². The Hall–Kier alpha value is -3.01. The second-order valence-electron chi connectivity index (χ2n) is 5.89. The van der Waals surface area contributed by atoms with Crippen LogP contribution < -0.4 is 4.74 Å². The first-order chi connectivity index (χ1) is 12.1. The molecule has 1 aromatic heterocycles. The van der Waals surface area contributed by atoms with Crippen LogP contribution in [-0.4, -0.2) is 25.0 Å². The second-order valence-corrected chi connectivity index (χ2v) is 5.89. The maximum absolute atomic E-state index is 12.5. The van der Waals surface area contributed by atoms with Gasteiger partial charge in [0.1, 0.15) is 17.1 Å². The van der Waals surface area contributed by atoms with Gasteiger partial charge in [0, 0.05) is 24.1 Å². The Morgan fingerprint density at radius 2 is 1.88 bits per heavy atom. The minimum Gasteiger partial charge on any atom is -0.496 e. The van der Waals surface area contributed by atoms with Crippen molar-refractivity contribution < 1.29 is 13.9 Å². The van der Waals surface area contributed by atoms with Gasteiger partial charge in [0.25, 0.3) is 0 Å². The van der Waals surface area contributed by atoms with Crippen molar-refractivity contribution in [3.8, 4) is 5.75 Å². The van der Waals surface area contributed by atoms with Crippen LogP contribution in [0.5, 0.6) is 5.75 Å². The molecule has 0 aliphatic carbocycles. The zero-order chi connectivity index (χ0) is 17.8. The summed E-state index contributed by atoms with van der Waals surface area (Å²) in [5, 5.41) is 1.02. The van der Waals surface area contributed by atoms with Crippen LogP contribution in [0.1, 0.15) is 24.3 Å². The number of methoxy groups -OCH3 is 1. The fourth-order valence-corrected chi connectivity index (χ4v) is 2.77. The van der Waals surface area contributed by atoms with Gasteiger partial charge in [-0.25, -0.2) is 0 Å². The number of para-hydroxylation sites is 2. The summed E-state index contributed by atoms with van der Waals surface area (Å²) in [5.41, 5.74) is 1.78. The third kappa shape index (κ3) is 3.58. The molecule has 128 valence electrons. The molecule has 2 aromatic carbocycles. The quantitative estimate of drug-likeness (QED) is 0.636. The van der Waals surface area contributed by atoms with Crippen molar-refractivity contribution >= 4 is 23.0 Å². The van der Waals surface area contributed by atoms with Crippen molar-refractivity contribution in [2.45, 2.75) is 13.0 Å². The van der Waals surface area contributed by atoms with E-state index in [1.165, 1.54) is 6.08 Å². The topological polar surface area (TPSA) is 42.7 Å². The third-order valence-electron chi connectivity index (χ3n) is 4.35. The second kappa shape index (κ2) is 7.26. The number of ether oxygens (including phenoxy) is 1. The number of furan rings is 1. The molecule has 0 saturated carbocycles. The Morgan fingerprint density at radius 1 is 1.16 bits per heavy atom. The van der Waals surface area contributed by atoms with E-state index in [1.807, 2.05) is 61.5 Å². The lowest BCUT2D eigenvalue weighted by atomic mass is 10.1. The van der Waals surface area contributed by atoms with Crippen LogP contribution in [0.15, 0.2) is 65.1 Å². The fraction of sp³-hybridized carbons (Fsp3) is 0.190. The number of fused-ring (bicyclic) bond motifs is 1. The SMILES string of the molecule is COc1ccccc1C(C)N(C)C(=O)/C=C/c1cc2ccccc2o1. The third-order valence-corrected chi connectivity index (χ3v) is 4.35. The van der Waals surface area contributed by atoms with Crippen molar-refractivity contribution in [1.82, 2.24) is 4.90 Å². The fourth-order valence-electron chi connectivity index (χ4n) is 2.77. The van der Waals surface area contributed by atoms with E-state index < -0.39 is 0 Å². The number of carbonyl (C=O) groups is 1. The number of benzene rings is 2. The lowest BCUT2D eigenvalue weighted by Gasteiger charge is -2.25. The van der Waals surface area contributed by atoms with Crippen molar-refractivity contribution in [1.29, 1.82) is 0 Å². The molecule has 0 bridgehead atoms. The molecule has 1 heterocycles. The van der Waals surface area contributed by atoms with Crippen LogP contribution in [0.4, 0.5) is 0 Å². The predicted octanol–water partition coefficient (Wildman–Crippen LogP) is 4.67. The van der Waals surface area contributed by atoms with Crippen LogP contribution >= 0.6 is 0 Å². The summed E-state index contributed by atoms with van der Waals surface area (Å²) < 4.78 is 11.1. The number of hydrogen-bond acceptors (Lipinski definition) is 3. The molecule has 1 atom stereocenters. The highest BCUT2D eigenvalue weighted by Gasteiger charge is 2.18. The zero-order valence-electron chi connectivity index (χ0n) is 14.6.